The molecule has 3 rings (SSSR count). The predicted octanol–water partition coefficient (Wildman–Crippen LogP) is 3.47. The van der Waals surface area contributed by atoms with Crippen LogP contribution in [0.4, 0.5) is 5.69 Å². The van der Waals surface area contributed by atoms with Gasteiger partial charge in [0.2, 0.25) is 0 Å². The third kappa shape index (κ3) is 3.54. The number of hydrogen-bond acceptors (Lipinski definition) is 2. The van der Waals surface area contributed by atoms with Crippen LogP contribution < -0.4 is 5.32 Å². The van der Waals surface area contributed by atoms with E-state index in [1.54, 1.807) is 0 Å². The smallest absolute Gasteiger partial charge is 0.195 e. The molecule has 2 aromatic rings. The van der Waals surface area contributed by atoms with E-state index in [2.05, 4.69) is 36.5 Å². The fourth-order valence-electron chi connectivity index (χ4n) is 2.98. The number of hydrogen-bond donors (Lipinski definition) is 3. The molecule has 0 radical (unpaired) electrons. The zero-order valence-electron chi connectivity index (χ0n) is 13.4. The minimum absolute atomic E-state index is 0.225. The average Bonchev–Trinajstić information content (AvgIpc) is 2.58. The van der Waals surface area contributed by atoms with E-state index in [1.165, 1.54) is 0 Å². The fourth-order valence-corrected chi connectivity index (χ4v) is 2.98. The first-order valence-electron chi connectivity index (χ1n) is 8.09. The molecule has 4 nitrogen and oxygen atoms in total. The number of nitrogens with zero attached hydrogens (tertiary/aromatic N) is 1. The van der Waals surface area contributed by atoms with Crippen molar-refractivity contribution >= 4 is 11.6 Å². The number of aryl methyl sites for hydroxylation is 1. The zero-order chi connectivity index (χ0) is 16.2. The molecule has 0 unspecified atom stereocenters. The van der Waals surface area contributed by atoms with Gasteiger partial charge in [-0.3, -0.25) is 5.41 Å². The van der Waals surface area contributed by atoms with Crippen LogP contribution in [0.15, 0.2) is 48.5 Å². The van der Waals surface area contributed by atoms with Crippen LogP contribution in [0, 0.1) is 12.3 Å². The van der Waals surface area contributed by atoms with E-state index in [0.29, 0.717) is 5.96 Å². The van der Waals surface area contributed by atoms with Crippen LogP contribution in [0.3, 0.4) is 0 Å². The van der Waals surface area contributed by atoms with Crippen LogP contribution in [-0.4, -0.2) is 35.2 Å². The van der Waals surface area contributed by atoms with E-state index in [-0.39, 0.29) is 6.10 Å². The Morgan fingerprint density at radius 2 is 1.78 bits per heavy atom. The summed E-state index contributed by atoms with van der Waals surface area (Å²) in [4.78, 5) is 1.99. The van der Waals surface area contributed by atoms with Crippen LogP contribution in [0.25, 0.3) is 11.1 Å². The molecule has 0 atom stereocenters. The Hall–Kier alpha value is -2.33. The minimum atomic E-state index is -0.225. The van der Waals surface area contributed by atoms with Gasteiger partial charge in [-0.1, -0.05) is 48.5 Å². The number of para-hydroxylation sites is 1. The van der Waals surface area contributed by atoms with E-state index in [4.69, 9.17) is 5.41 Å². The summed E-state index contributed by atoms with van der Waals surface area (Å²) in [6.45, 7) is 3.50. The highest BCUT2D eigenvalue weighted by molar-refractivity contribution is 5.97. The number of aliphatic hydroxyl groups excluding tert-OH is 1. The monoisotopic (exact) mass is 309 g/mol. The topological polar surface area (TPSA) is 59.4 Å². The molecule has 0 aliphatic carbocycles. The van der Waals surface area contributed by atoms with Crippen LogP contribution in [-0.2, 0) is 0 Å². The van der Waals surface area contributed by atoms with E-state index in [9.17, 15) is 5.11 Å². The molecule has 1 heterocycles. The normalized spacial score (nSPS) is 15.5. The molecular formula is C19H23N3O. The number of rotatable bonds is 2. The number of piperidine rings is 1. The second kappa shape index (κ2) is 6.84. The molecule has 23 heavy (non-hydrogen) atoms. The highest BCUT2D eigenvalue weighted by Crippen LogP contribution is 2.31. The number of anilines is 1. The van der Waals surface area contributed by atoms with Crippen molar-refractivity contribution in [3.05, 3.63) is 54.1 Å². The van der Waals surface area contributed by atoms with Crippen molar-refractivity contribution in [2.24, 2.45) is 0 Å². The summed E-state index contributed by atoms with van der Waals surface area (Å²) in [6, 6.07) is 16.4. The molecular weight excluding hydrogens is 286 g/mol. The van der Waals surface area contributed by atoms with Gasteiger partial charge in [-0.25, -0.2) is 0 Å². The van der Waals surface area contributed by atoms with E-state index < -0.39 is 0 Å². The number of likely N-dealkylation sites (tertiary alicyclic amines) is 1. The van der Waals surface area contributed by atoms with Crippen molar-refractivity contribution in [3.63, 3.8) is 0 Å². The molecule has 0 aromatic heterocycles. The SMILES string of the molecule is Cc1cccc(-c2ccccc2)c1NC(=N)N1CCC(O)CC1. The second-order valence-corrected chi connectivity index (χ2v) is 6.06. The third-order valence-electron chi connectivity index (χ3n) is 4.38. The fraction of sp³-hybridized carbons (Fsp3) is 0.316. The molecule has 0 bridgehead atoms. The summed E-state index contributed by atoms with van der Waals surface area (Å²) in [5.41, 5.74) is 4.34. The summed E-state index contributed by atoms with van der Waals surface area (Å²) in [5, 5.41) is 21.3. The van der Waals surface area contributed by atoms with Crippen molar-refractivity contribution in [1.82, 2.24) is 4.90 Å². The average molecular weight is 309 g/mol. The predicted molar refractivity (Wildman–Crippen MR) is 94.8 cm³/mol. The third-order valence-corrected chi connectivity index (χ3v) is 4.38. The molecule has 3 N–H and O–H groups in total. The molecule has 0 amide bonds. The Labute approximate surface area is 137 Å². The zero-order valence-corrected chi connectivity index (χ0v) is 13.4. The summed E-state index contributed by atoms with van der Waals surface area (Å²) >= 11 is 0. The lowest BCUT2D eigenvalue weighted by molar-refractivity contribution is 0.109. The Balaban J connectivity index is 1.84. The minimum Gasteiger partial charge on any atom is -0.393 e. The van der Waals surface area contributed by atoms with Gasteiger partial charge in [0.05, 0.1) is 11.8 Å². The van der Waals surface area contributed by atoms with Crippen molar-refractivity contribution in [2.75, 3.05) is 18.4 Å². The van der Waals surface area contributed by atoms with E-state index in [0.717, 1.165) is 48.3 Å². The van der Waals surface area contributed by atoms with Crippen molar-refractivity contribution in [3.8, 4) is 11.1 Å². The maximum Gasteiger partial charge on any atom is 0.195 e. The lowest BCUT2D eigenvalue weighted by Crippen LogP contribution is -2.43. The van der Waals surface area contributed by atoms with E-state index >= 15 is 0 Å². The molecule has 1 saturated heterocycles. The quantitative estimate of drug-likeness (QED) is 0.588. The van der Waals surface area contributed by atoms with Gasteiger partial charge in [-0.15, -0.1) is 0 Å². The highest BCUT2D eigenvalue weighted by Gasteiger charge is 2.20. The summed E-state index contributed by atoms with van der Waals surface area (Å²) in [5.74, 6) is 0.406. The lowest BCUT2D eigenvalue weighted by atomic mass is 10.0. The van der Waals surface area contributed by atoms with Gasteiger partial charge in [0, 0.05) is 18.7 Å². The van der Waals surface area contributed by atoms with Gasteiger partial charge >= 0.3 is 0 Å². The number of benzene rings is 2. The molecule has 0 spiro atoms. The summed E-state index contributed by atoms with van der Waals surface area (Å²) in [6.07, 6.45) is 1.23. The summed E-state index contributed by atoms with van der Waals surface area (Å²) in [7, 11) is 0. The molecule has 4 heteroatoms. The van der Waals surface area contributed by atoms with Gasteiger partial charge in [0.15, 0.2) is 5.96 Å². The maximum atomic E-state index is 9.62. The summed E-state index contributed by atoms with van der Waals surface area (Å²) < 4.78 is 0. The van der Waals surface area contributed by atoms with Gasteiger partial charge in [0.1, 0.15) is 0 Å². The number of nitrogens with one attached hydrogen (secondary N) is 2. The van der Waals surface area contributed by atoms with Crippen LogP contribution in [0.2, 0.25) is 0 Å². The number of aliphatic hydroxyl groups is 1. The molecule has 1 aliphatic rings. The largest absolute Gasteiger partial charge is 0.393 e. The van der Waals surface area contributed by atoms with Crippen LogP contribution in [0.1, 0.15) is 18.4 Å². The number of guanidine groups is 1. The van der Waals surface area contributed by atoms with Gasteiger partial charge in [-0.2, -0.15) is 0 Å². The Morgan fingerprint density at radius 1 is 1.09 bits per heavy atom. The molecule has 1 fully saturated rings. The van der Waals surface area contributed by atoms with Gasteiger partial charge in [-0.05, 0) is 30.9 Å². The first-order valence-corrected chi connectivity index (χ1v) is 8.09. The first kappa shape index (κ1) is 15.6. The lowest BCUT2D eigenvalue weighted by Gasteiger charge is -2.32. The standard InChI is InChI=1S/C19H23N3O/c1-14-6-5-9-17(15-7-3-2-4-8-15)18(14)21-19(20)22-12-10-16(23)11-13-22/h2-9,16,23H,10-13H2,1H3,(H2,20,21). The Kier molecular flexibility index (Phi) is 4.63. The van der Waals surface area contributed by atoms with Crippen LogP contribution >= 0.6 is 0 Å². The van der Waals surface area contributed by atoms with Gasteiger partial charge < -0.3 is 15.3 Å². The second-order valence-electron chi connectivity index (χ2n) is 6.06. The molecule has 0 saturated carbocycles. The molecule has 1 aliphatic heterocycles. The Bertz CT molecular complexity index is 676. The molecule has 120 valence electrons. The van der Waals surface area contributed by atoms with Crippen molar-refractivity contribution in [2.45, 2.75) is 25.9 Å². The van der Waals surface area contributed by atoms with E-state index in [1.807, 2.05) is 29.2 Å². The maximum absolute atomic E-state index is 9.62. The van der Waals surface area contributed by atoms with Crippen LogP contribution in [0.5, 0.6) is 0 Å². The van der Waals surface area contributed by atoms with Gasteiger partial charge in [0.25, 0.3) is 0 Å². The van der Waals surface area contributed by atoms with Crippen molar-refractivity contribution in [1.29, 1.82) is 5.41 Å². The molecule has 2 aromatic carbocycles. The van der Waals surface area contributed by atoms with Crippen molar-refractivity contribution < 1.29 is 5.11 Å². The first-order chi connectivity index (χ1) is 11.1. The highest BCUT2D eigenvalue weighted by atomic mass is 16.3. The Morgan fingerprint density at radius 3 is 2.48 bits per heavy atom.